The minimum atomic E-state index is -0.00570. The summed E-state index contributed by atoms with van der Waals surface area (Å²) >= 11 is 0.569. The van der Waals surface area contributed by atoms with E-state index in [0.29, 0.717) is 12.7 Å². The van der Waals surface area contributed by atoms with Gasteiger partial charge in [0.15, 0.2) is 0 Å². The third-order valence-electron chi connectivity index (χ3n) is 6.53. The Morgan fingerprint density at radius 2 is 0.919 bits per heavy atom. The van der Waals surface area contributed by atoms with Crippen molar-refractivity contribution in [2.24, 2.45) is 9.98 Å². The van der Waals surface area contributed by atoms with E-state index in [2.05, 4.69) is 126 Å². The molecule has 0 heterocycles. The molecule has 2 nitrogen and oxygen atoms in total. The molecule has 1 aliphatic rings. The Morgan fingerprint density at radius 3 is 1.30 bits per heavy atom. The SMILES string of the molecule is CC(C)(C)c1ccccc1N=C1C(=Nc2ccccc2C(C)(C)C)c2cccc3cccc1c23.[Cl][Ni][Cl]. The van der Waals surface area contributed by atoms with E-state index in [1.807, 2.05) is 0 Å². The van der Waals surface area contributed by atoms with E-state index >= 15 is 0 Å². The summed E-state index contributed by atoms with van der Waals surface area (Å²) in [7, 11) is 9.40. The van der Waals surface area contributed by atoms with Crippen LogP contribution < -0.4 is 0 Å². The van der Waals surface area contributed by atoms with E-state index in [1.54, 1.807) is 0 Å². The molecule has 0 amide bonds. The number of halogens is 2. The monoisotopic (exact) mass is 572 g/mol. The van der Waals surface area contributed by atoms with Crippen LogP contribution >= 0.6 is 20.4 Å². The molecule has 0 atom stereocenters. The van der Waals surface area contributed by atoms with Crippen LogP contribution in [0.15, 0.2) is 94.9 Å². The first-order valence-electron chi connectivity index (χ1n) is 12.3. The van der Waals surface area contributed by atoms with Gasteiger partial charge in [-0.2, -0.15) is 0 Å². The molecule has 0 bridgehead atoms. The van der Waals surface area contributed by atoms with Gasteiger partial charge >= 0.3 is 33.0 Å². The summed E-state index contributed by atoms with van der Waals surface area (Å²) in [6, 6.07) is 29.9. The second-order valence-corrected chi connectivity index (χ2v) is 12.8. The van der Waals surface area contributed by atoms with Crippen LogP contribution in [0, 0.1) is 0 Å². The van der Waals surface area contributed by atoms with Crippen molar-refractivity contribution in [3.05, 3.63) is 107 Å². The zero-order chi connectivity index (χ0) is 26.8. The zero-order valence-electron chi connectivity index (χ0n) is 22.0. The number of rotatable bonds is 2. The fraction of sp³-hybridized carbons (Fsp3) is 0.250. The van der Waals surface area contributed by atoms with Crippen molar-refractivity contribution in [2.45, 2.75) is 52.4 Å². The van der Waals surface area contributed by atoms with Crippen LogP contribution in [0.2, 0.25) is 0 Å². The molecule has 0 radical (unpaired) electrons. The summed E-state index contributed by atoms with van der Waals surface area (Å²) in [6.07, 6.45) is 0. The van der Waals surface area contributed by atoms with E-state index in [1.165, 1.54) is 21.9 Å². The van der Waals surface area contributed by atoms with E-state index in [9.17, 15) is 0 Å². The molecule has 1 aliphatic carbocycles. The van der Waals surface area contributed by atoms with Gasteiger partial charge in [-0.05, 0) is 39.5 Å². The first-order chi connectivity index (χ1) is 17.6. The van der Waals surface area contributed by atoms with Gasteiger partial charge in [-0.1, -0.05) is 114 Å². The number of aliphatic imine (C=N–C) groups is 2. The summed E-state index contributed by atoms with van der Waals surface area (Å²) < 4.78 is 0. The van der Waals surface area contributed by atoms with Crippen LogP contribution in [0.1, 0.15) is 63.8 Å². The standard InChI is InChI=1S/C32H32N2.2ClH.Ni/c1-31(2,3)24-17-7-9-19-26(24)33-29-22-15-11-13-21-14-12-16-23(28(21)22)30(29)34-27-20-10-8-18-25(27)32(4,5)6;;;/h7-20H,1-6H3;2*1H;/q;;;+2/p-2. The molecule has 4 aromatic carbocycles. The molecule has 4 aromatic rings. The van der Waals surface area contributed by atoms with Crippen LogP contribution in [0.5, 0.6) is 0 Å². The predicted octanol–water partition coefficient (Wildman–Crippen LogP) is 10.1. The van der Waals surface area contributed by atoms with Gasteiger partial charge < -0.3 is 0 Å². The molecule has 194 valence electrons. The molecule has 0 saturated carbocycles. The Morgan fingerprint density at radius 1 is 0.541 bits per heavy atom. The average Bonchev–Trinajstić information content (AvgIpc) is 3.13. The molecular formula is C32H32Cl2N2Ni. The molecule has 0 aromatic heterocycles. The quantitative estimate of drug-likeness (QED) is 0.213. The molecule has 0 unspecified atom stereocenters. The number of hydrogen-bond acceptors (Lipinski definition) is 2. The summed E-state index contributed by atoms with van der Waals surface area (Å²) in [6.45, 7) is 13.4. The van der Waals surface area contributed by atoms with Crippen molar-refractivity contribution in [2.75, 3.05) is 0 Å². The van der Waals surface area contributed by atoms with Crippen molar-refractivity contribution in [3.63, 3.8) is 0 Å². The number of para-hydroxylation sites is 2. The van der Waals surface area contributed by atoms with Gasteiger partial charge in [-0.15, -0.1) is 0 Å². The fourth-order valence-corrected chi connectivity index (χ4v) is 4.87. The van der Waals surface area contributed by atoms with E-state index in [4.69, 9.17) is 30.4 Å². The first-order valence-corrected chi connectivity index (χ1v) is 15.0. The third-order valence-corrected chi connectivity index (χ3v) is 6.53. The van der Waals surface area contributed by atoms with E-state index in [-0.39, 0.29) is 10.8 Å². The van der Waals surface area contributed by atoms with Gasteiger partial charge in [0.1, 0.15) is 0 Å². The second-order valence-electron chi connectivity index (χ2n) is 11.2. The summed E-state index contributed by atoms with van der Waals surface area (Å²) in [5, 5.41) is 2.46. The Balaban J connectivity index is 0.00000102. The van der Waals surface area contributed by atoms with Crippen LogP contribution in [0.25, 0.3) is 10.8 Å². The summed E-state index contributed by atoms with van der Waals surface area (Å²) in [5.41, 5.74) is 8.69. The summed E-state index contributed by atoms with van der Waals surface area (Å²) in [4.78, 5) is 10.6. The Hall–Kier alpha value is -2.45. The molecule has 37 heavy (non-hydrogen) atoms. The van der Waals surface area contributed by atoms with Crippen molar-refractivity contribution < 1.29 is 12.7 Å². The summed E-state index contributed by atoms with van der Waals surface area (Å²) in [5.74, 6) is 0. The predicted molar refractivity (Wildman–Crippen MR) is 158 cm³/mol. The molecule has 5 heteroatoms. The molecule has 0 N–H and O–H groups in total. The maximum atomic E-state index is 5.32. The van der Waals surface area contributed by atoms with Crippen LogP contribution in [-0.4, -0.2) is 11.4 Å². The second kappa shape index (κ2) is 11.1. The van der Waals surface area contributed by atoms with Gasteiger partial charge in [0.2, 0.25) is 0 Å². The van der Waals surface area contributed by atoms with Crippen LogP contribution in [0.4, 0.5) is 11.4 Å². The van der Waals surface area contributed by atoms with Gasteiger partial charge in [0.25, 0.3) is 0 Å². The van der Waals surface area contributed by atoms with Crippen molar-refractivity contribution in [1.82, 2.24) is 0 Å². The minimum absolute atomic E-state index is 0.00570. The molecular weight excluding hydrogens is 542 g/mol. The Kier molecular flexibility index (Phi) is 8.29. The van der Waals surface area contributed by atoms with Gasteiger partial charge in [0.05, 0.1) is 22.8 Å². The third kappa shape index (κ3) is 5.85. The van der Waals surface area contributed by atoms with E-state index in [0.717, 1.165) is 33.9 Å². The molecule has 0 aliphatic heterocycles. The van der Waals surface area contributed by atoms with Crippen LogP contribution in [0.3, 0.4) is 0 Å². The maximum absolute atomic E-state index is 5.32. The van der Waals surface area contributed by atoms with Crippen molar-refractivity contribution >= 4 is 54.0 Å². The Labute approximate surface area is 235 Å². The van der Waals surface area contributed by atoms with Gasteiger partial charge in [0, 0.05) is 16.5 Å². The normalized spacial score (nSPS) is 15.4. The molecule has 0 fully saturated rings. The molecule has 5 rings (SSSR count). The number of hydrogen-bond donors (Lipinski definition) is 0. The molecule has 0 spiro atoms. The Bertz CT molecular complexity index is 1380. The van der Waals surface area contributed by atoms with Gasteiger partial charge in [-0.3, -0.25) is 0 Å². The van der Waals surface area contributed by atoms with Crippen molar-refractivity contribution in [3.8, 4) is 0 Å². The zero-order valence-corrected chi connectivity index (χ0v) is 24.5. The fourth-order valence-electron chi connectivity index (χ4n) is 4.87. The first kappa shape index (κ1) is 27.6. The van der Waals surface area contributed by atoms with Crippen molar-refractivity contribution in [1.29, 1.82) is 0 Å². The number of nitrogens with zero attached hydrogens (tertiary/aromatic N) is 2. The van der Waals surface area contributed by atoms with E-state index < -0.39 is 0 Å². The molecule has 0 saturated heterocycles. The average molecular weight is 574 g/mol. The van der Waals surface area contributed by atoms with Gasteiger partial charge in [-0.25, -0.2) is 9.98 Å². The topological polar surface area (TPSA) is 24.7 Å². The number of benzene rings is 4. The van der Waals surface area contributed by atoms with Crippen LogP contribution in [-0.2, 0) is 23.5 Å².